The lowest BCUT2D eigenvalue weighted by molar-refractivity contribution is -0.139. The van der Waals surface area contributed by atoms with Crippen LogP contribution in [0.15, 0.2) is 40.7 Å². The molecule has 1 aliphatic rings. The van der Waals surface area contributed by atoms with Crippen molar-refractivity contribution in [3.63, 3.8) is 0 Å². The Hall–Kier alpha value is -3.25. The molecule has 2 heterocycles. The summed E-state index contributed by atoms with van der Waals surface area (Å²) >= 11 is 1.03. The van der Waals surface area contributed by atoms with E-state index in [2.05, 4.69) is 14.1 Å². The molecule has 0 aliphatic carbocycles. The number of hydrogen-bond acceptors (Lipinski definition) is 9. The summed E-state index contributed by atoms with van der Waals surface area (Å²) in [4.78, 5) is 25.6. The minimum atomic E-state index is -0.860. The summed E-state index contributed by atoms with van der Waals surface area (Å²) in [5.74, 6) is -2.11. The number of fused-ring (bicyclic) bond motifs is 1. The number of nitriles is 1. The summed E-state index contributed by atoms with van der Waals surface area (Å²) in [7, 11) is 0. The molecule has 0 radical (unpaired) electrons. The predicted molar refractivity (Wildman–Crippen MR) is 102 cm³/mol. The van der Waals surface area contributed by atoms with E-state index < -0.39 is 17.9 Å². The number of nitrogens with one attached hydrogen (secondary N) is 1. The first-order valence-electron chi connectivity index (χ1n) is 8.70. The van der Waals surface area contributed by atoms with Crippen LogP contribution in [0.1, 0.15) is 32.3 Å². The minimum Gasteiger partial charge on any atom is -0.463 e. The van der Waals surface area contributed by atoms with Gasteiger partial charge in [-0.2, -0.15) is 14.0 Å². The lowest BCUT2D eigenvalue weighted by Gasteiger charge is -2.29. The smallest absolute Gasteiger partial charge is 0.337 e. The Kier molecular flexibility index (Phi) is 5.70. The van der Waals surface area contributed by atoms with E-state index in [9.17, 15) is 14.9 Å². The number of carbonyl (C=O) groups excluding carboxylic acids is 2. The van der Waals surface area contributed by atoms with Crippen LogP contribution in [-0.4, -0.2) is 33.9 Å². The molecule has 8 nitrogen and oxygen atoms in total. The second-order valence-electron chi connectivity index (χ2n) is 5.92. The lowest BCUT2D eigenvalue weighted by atomic mass is 9.80. The van der Waals surface area contributed by atoms with E-state index in [0.717, 1.165) is 11.7 Å². The fourth-order valence-electron chi connectivity index (χ4n) is 3.20. The van der Waals surface area contributed by atoms with Gasteiger partial charge in [0.15, 0.2) is 0 Å². The van der Waals surface area contributed by atoms with Gasteiger partial charge < -0.3 is 14.8 Å². The van der Waals surface area contributed by atoms with E-state index in [4.69, 9.17) is 9.47 Å². The van der Waals surface area contributed by atoms with Crippen molar-refractivity contribution < 1.29 is 19.1 Å². The second-order valence-corrected chi connectivity index (χ2v) is 6.45. The van der Waals surface area contributed by atoms with Gasteiger partial charge in [0.25, 0.3) is 0 Å². The number of esters is 2. The monoisotopic (exact) mass is 398 g/mol. The summed E-state index contributed by atoms with van der Waals surface area (Å²) in [5.41, 5.74) is 2.56. The van der Waals surface area contributed by atoms with E-state index >= 15 is 0 Å². The zero-order chi connectivity index (χ0) is 20.3. The van der Waals surface area contributed by atoms with Crippen molar-refractivity contribution in [2.45, 2.75) is 26.7 Å². The molecule has 1 aromatic carbocycles. The molecule has 0 saturated heterocycles. The summed E-state index contributed by atoms with van der Waals surface area (Å²) < 4.78 is 19.0. The fraction of sp³-hybridized carbons (Fsp3) is 0.316. The van der Waals surface area contributed by atoms with Crippen molar-refractivity contribution in [3.05, 3.63) is 46.3 Å². The number of carbonyl (C=O) groups is 2. The largest absolute Gasteiger partial charge is 0.463 e. The number of allylic oxidation sites excluding steroid dienone is 2. The number of nitrogens with zero attached hydrogens (tertiary/aromatic N) is 3. The normalized spacial score (nSPS) is 16.6. The Labute approximate surface area is 165 Å². The molecular weight excluding hydrogens is 380 g/mol. The third-order valence-corrected chi connectivity index (χ3v) is 4.84. The van der Waals surface area contributed by atoms with Gasteiger partial charge in [0, 0.05) is 5.70 Å². The fourth-order valence-corrected chi connectivity index (χ4v) is 3.75. The van der Waals surface area contributed by atoms with Gasteiger partial charge in [-0.05, 0) is 32.4 Å². The number of hydrogen-bond donors (Lipinski definition) is 1. The van der Waals surface area contributed by atoms with Crippen LogP contribution >= 0.6 is 11.7 Å². The molecule has 0 bridgehead atoms. The zero-order valence-corrected chi connectivity index (χ0v) is 16.4. The molecule has 1 aromatic heterocycles. The first kappa shape index (κ1) is 19.5. The molecule has 144 valence electrons. The Bertz CT molecular complexity index is 1050. The Morgan fingerprint density at radius 2 is 1.86 bits per heavy atom. The van der Waals surface area contributed by atoms with Crippen LogP contribution in [-0.2, 0) is 19.1 Å². The van der Waals surface area contributed by atoms with Gasteiger partial charge in [-0.3, -0.25) is 0 Å². The second kappa shape index (κ2) is 8.19. The van der Waals surface area contributed by atoms with Gasteiger partial charge in [0.05, 0.1) is 42.0 Å². The van der Waals surface area contributed by atoms with Crippen LogP contribution in [0.5, 0.6) is 0 Å². The quantitative estimate of drug-likeness (QED) is 0.764. The highest BCUT2D eigenvalue weighted by Gasteiger charge is 2.40. The van der Waals surface area contributed by atoms with Gasteiger partial charge in [0.1, 0.15) is 22.8 Å². The molecule has 1 unspecified atom stereocenters. The van der Waals surface area contributed by atoms with Crippen molar-refractivity contribution in [2.24, 2.45) is 0 Å². The maximum absolute atomic E-state index is 12.8. The number of dihydropyridines is 1. The van der Waals surface area contributed by atoms with E-state index in [1.165, 1.54) is 0 Å². The molecule has 9 heteroatoms. The highest BCUT2D eigenvalue weighted by molar-refractivity contribution is 7.00. The molecule has 2 aromatic rings. The van der Waals surface area contributed by atoms with E-state index in [0.29, 0.717) is 22.3 Å². The van der Waals surface area contributed by atoms with Crippen molar-refractivity contribution in [1.82, 2.24) is 14.1 Å². The molecule has 0 saturated carbocycles. The molecule has 28 heavy (non-hydrogen) atoms. The van der Waals surface area contributed by atoms with Crippen LogP contribution in [0.2, 0.25) is 0 Å². The Morgan fingerprint density at radius 3 is 2.50 bits per heavy atom. The molecule has 0 amide bonds. The van der Waals surface area contributed by atoms with Crippen LogP contribution in [0.25, 0.3) is 11.0 Å². The number of aromatic nitrogens is 2. The summed E-state index contributed by atoms with van der Waals surface area (Å²) in [6, 6.07) is 7.34. The van der Waals surface area contributed by atoms with Gasteiger partial charge in [-0.1, -0.05) is 12.1 Å². The van der Waals surface area contributed by atoms with E-state index in [-0.39, 0.29) is 30.1 Å². The van der Waals surface area contributed by atoms with Gasteiger partial charge in [0.2, 0.25) is 0 Å². The SMILES string of the molecule is CCOC(=O)C1=C(C)NC(C#N)=C(C(=O)OCC)C1c1cccc2nsnc12. The molecular formula is C19H18N4O4S. The molecule has 3 rings (SSSR count). The minimum absolute atomic E-state index is 0.0363. The van der Waals surface area contributed by atoms with Crippen molar-refractivity contribution >= 4 is 34.7 Å². The topological polar surface area (TPSA) is 114 Å². The summed E-state index contributed by atoms with van der Waals surface area (Å²) in [6.45, 7) is 5.35. The number of ether oxygens (including phenoxy) is 2. The third-order valence-electron chi connectivity index (χ3n) is 4.29. The average Bonchev–Trinajstić information content (AvgIpc) is 3.16. The maximum Gasteiger partial charge on any atom is 0.337 e. The van der Waals surface area contributed by atoms with Gasteiger partial charge >= 0.3 is 11.9 Å². The molecule has 1 aliphatic heterocycles. The highest BCUT2D eigenvalue weighted by Crippen LogP contribution is 2.41. The maximum atomic E-state index is 12.8. The summed E-state index contributed by atoms with van der Waals surface area (Å²) in [5, 5.41) is 12.5. The number of benzene rings is 1. The van der Waals surface area contributed by atoms with Crippen LogP contribution in [0.4, 0.5) is 0 Å². The summed E-state index contributed by atoms with van der Waals surface area (Å²) in [6.07, 6.45) is 0. The molecule has 1 N–H and O–H groups in total. The first-order valence-corrected chi connectivity index (χ1v) is 9.43. The standard InChI is InChI=1S/C19H18N4O4S/c1-4-26-18(24)14-10(3)21-13(9-20)16(19(25)27-5-2)15(14)11-7-6-8-12-17(11)23-28-22-12/h6-8,15,21H,4-5H2,1-3H3. The molecule has 0 spiro atoms. The first-order chi connectivity index (χ1) is 13.5. The van der Waals surface area contributed by atoms with Gasteiger partial charge in [-0.15, -0.1) is 0 Å². The lowest BCUT2D eigenvalue weighted by Crippen LogP contribution is -2.33. The predicted octanol–water partition coefficient (Wildman–Crippen LogP) is 2.56. The molecule has 1 atom stereocenters. The Morgan fingerprint density at radius 1 is 1.18 bits per heavy atom. The zero-order valence-electron chi connectivity index (χ0n) is 15.6. The van der Waals surface area contributed by atoms with Crippen molar-refractivity contribution in [1.29, 1.82) is 5.26 Å². The van der Waals surface area contributed by atoms with Crippen LogP contribution in [0, 0.1) is 11.3 Å². The number of rotatable bonds is 5. The highest BCUT2D eigenvalue weighted by atomic mass is 32.1. The average molecular weight is 398 g/mol. The van der Waals surface area contributed by atoms with E-state index in [1.54, 1.807) is 39.0 Å². The van der Waals surface area contributed by atoms with Gasteiger partial charge in [-0.25, -0.2) is 9.59 Å². The Balaban J connectivity index is 2.30. The van der Waals surface area contributed by atoms with Crippen LogP contribution in [0.3, 0.4) is 0 Å². The van der Waals surface area contributed by atoms with Crippen molar-refractivity contribution in [3.8, 4) is 6.07 Å². The van der Waals surface area contributed by atoms with E-state index in [1.807, 2.05) is 6.07 Å². The molecule has 0 fully saturated rings. The van der Waals surface area contributed by atoms with Crippen LogP contribution < -0.4 is 5.32 Å². The van der Waals surface area contributed by atoms with Crippen molar-refractivity contribution in [2.75, 3.05) is 13.2 Å². The third kappa shape index (κ3) is 3.34.